The van der Waals surface area contributed by atoms with Gasteiger partial charge in [0.05, 0.1) is 18.3 Å². The van der Waals surface area contributed by atoms with Crippen molar-refractivity contribution in [3.8, 4) is 0 Å². The van der Waals surface area contributed by atoms with Crippen molar-refractivity contribution < 1.29 is 19.5 Å². The number of rotatable bonds is 3. The van der Waals surface area contributed by atoms with E-state index in [9.17, 15) is 9.59 Å². The predicted octanol–water partition coefficient (Wildman–Crippen LogP) is 0.845. The van der Waals surface area contributed by atoms with Crippen LogP contribution in [0.25, 0.3) is 0 Å². The Kier molecular flexibility index (Phi) is 5.04. The third-order valence-corrected chi connectivity index (χ3v) is 5.62. The van der Waals surface area contributed by atoms with Gasteiger partial charge < -0.3 is 4.90 Å². The summed E-state index contributed by atoms with van der Waals surface area (Å²) >= 11 is 12.1. The number of nitrogens with one attached hydrogen (secondary N) is 2. The largest absolute Gasteiger partial charge is 0.318 e. The van der Waals surface area contributed by atoms with Crippen LogP contribution >= 0.6 is 23.2 Å². The molecule has 27 heavy (non-hydrogen) atoms. The minimum absolute atomic E-state index is 0.173. The van der Waals surface area contributed by atoms with Gasteiger partial charge in [-0.05, 0) is 24.3 Å². The number of hydrogen-bond acceptors (Lipinski definition) is 3. The molecular weight excluding hydrogens is 387 g/mol. The quantitative estimate of drug-likeness (QED) is 0.768. The third-order valence-electron chi connectivity index (χ3n) is 5.18. The Labute approximate surface area is 167 Å². The van der Waals surface area contributed by atoms with Crippen molar-refractivity contribution in [1.82, 2.24) is 0 Å². The number of carbonyl (C=O) groups is 2. The fourth-order valence-corrected chi connectivity index (χ4v) is 4.37. The fourth-order valence-electron chi connectivity index (χ4n) is 3.85. The number of aromatic amines is 1. The van der Waals surface area contributed by atoms with E-state index in [0.29, 0.717) is 15.7 Å². The summed E-state index contributed by atoms with van der Waals surface area (Å²) in [7, 11) is 0. The highest BCUT2D eigenvalue weighted by Crippen LogP contribution is 2.28. The first-order valence-corrected chi connectivity index (χ1v) is 9.67. The molecule has 2 saturated heterocycles. The molecule has 2 fully saturated rings. The molecule has 6 nitrogen and oxygen atoms in total. The van der Waals surface area contributed by atoms with Crippen molar-refractivity contribution in [1.29, 1.82) is 0 Å². The lowest BCUT2D eigenvalue weighted by molar-refractivity contribution is -0.915. The highest BCUT2D eigenvalue weighted by atomic mass is 35.5. The number of hydrogen-bond donors (Lipinski definition) is 1. The van der Waals surface area contributed by atoms with Gasteiger partial charge in [-0.15, -0.1) is 0 Å². The van der Waals surface area contributed by atoms with Crippen molar-refractivity contribution >= 4 is 46.5 Å². The number of H-pyrrole nitrogens is 1. The first-order chi connectivity index (χ1) is 13.0. The number of aromatic nitrogens is 1. The van der Waals surface area contributed by atoms with Gasteiger partial charge in [-0.3, -0.25) is 14.5 Å². The van der Waals surface area contributed by atoms with Crippen LogP contribution in [0, 0.1) is 0 Å². The number of piperazine rings is 1. The summed E-state index contributed by atoms with van der Waals surface area (Å²) in [4.78, 5) is 33.4. The zero-order valence-corrected chi connectivity index (χ0v) is 16.1. The summed E-state index contributed by atoms with van der Waals surface area (Å²) in [6, 6.07) is 10.4. The lowest BCUT2D eigenvalue weighted by Crippen LogP contribution is -3.19. The highest BCUT2D eigenvalue weighted by Gasteiger charge is 2.47. The summed E-state index contributed by atoms with van der Waals surface area (Å²) in [6.45, 7) is 3.26. The molecule has 0 bridgehead atoms. The van der Waals surface area contributed by atoms with Crippen molar-refractivity contribution in [3.63, 3.8) is 0 Å². The molecule has 140 valence electrons. The van der Waals surface area contributed by atoms with Crippen LogP contribution in [-0.4, -0.2) is 44.0 Å². The second-order valence-electron chi connectivity index (χ2n) is 6.84. The van der Waals surface area contributed by atoms with Crippen molar-refractivity contribution in [2.24, 2.45) is 0 Å². The van der Waals surface area contributed by atoms with E-state index in [1.807, 2.05) is 24.4 Å². The van der Waals surface area contributed by atoms with Gasteiger partial charge in [-0.2, -0.15) is 0 Å². The van der Waals surface area contributed by atoms with Crippen LogP contribution in [0.5, 0.6) is 0 Å². The van der Waals surface area contributed by atoms with E-state index in [2.05, 4.69) is 9.88 Å². The Hall–Kier alpha value is -2.15. The molecule has 2 N–H and O–H groups in total. The zero-order chi connectivity index (χ0) is 19.0. The molecule has 0 radical (unpaired) electrons. The van der Waals surface area contributed by atoms with Crippen molar-refractivity contribution in [3.05, 3.63) is 52.6 Å². The predicted molar refractivity (Wildman–Crippen MR) is 103 cm³/mol. The molecule has 8 heteroatoms. The Morgan fingerprint density at radius 1 is 1.04 bits per heavy atom. The van der Waals surface area contributed by atoms with Gasteiger partial charge >= 0.3 is 0 Å². The molecule has 4 rings (SSSR count). The van der Waals surface area contributed by atoms with Crippen LogP contribution in [0.3, 0.4) is 0 Å². The lowest BCUT2D eigenvalue weighted by atomic mass is 10.1. The fraction of sp³-hybridized carbons (Fsp3) is 0.316. The number of benzene rings is 1. The Morgan fingerprint density at radius 2 is 1.74 bits per heavy atom. The van der Waals surface area contributed by atoms with Crippen molar-refractivity contribution in [2.75, 3.05) is 36.0 Å². The first-order valence-electron chi connectivity index (χ1n) is 8.92. The van der Waals surface area contributed by atoms with Gasteiger partial charge in [-0.1, -0.05) is 29.3 Å². The smallest absolute Gasteiger partial charge is 0.292 e. The number of halogens is 2. The van der Waals surface area contributed by atoms with Crippen LogP contribution in [-0.2, 0) is 9.59 Å². The van der Waals surface area contributed by atoms with Gasteiger partial charge in [0.25, 0.3) is 11.7 Å². The monoisotopic (exact) mass is 406 g/mol. The van der Waals surface area contributed by atoms with E-state index in [4.69, 9.17) is 23.2 Å². The number of nitrogens with zero attached hydrogens (tertiary/aromatic N) is 2. The molecule has 3 heterocycles. The SMILES string of the molecule is O=C1C[C@@H]([NH+]2CCN(c3cccc[nH+]3)CC2)C(=O)N1c1cc(Cl)cc(Cl)c1. The highest BCUT2D eigenvalue weighted by molar-refractivity contribution is 6.35. The second kappa shape index (κ2) is 7.46. The molecule has 0 unspecified atom stereocenters. The molecule has 0 aliphatic carbocycles. The molecule has 2 amide bonds. The molecular formula is C19H20Cl2N4O2+2. The van der Waals surface area contributed by atoms with Crippen LogP contribution in [0.15, 0.2) is 42.6 Å². The Balaban J connectivity index is 1.46. The standard InChI is InChI=1S/C19H18Cl2N4O2/c20-13-9-14(21)11-15(10-13)25-18(26)12-16(19(25)27)23-5-7-24(8-6-23)17-3-1-2-4-22-17/h1-4,9-11,16H,5-8,12H2/p+2/t16-/m1/s1. The molecule has 1 atom stereocenters. The summed E-state index contributed by atoms with van der Waals surface area (Å²) in [5.74, 6) is 0.697. The number of carbonyl (C=O) groups excluding carboxylic acids is 2. The Morgan fingerprint density at radius 3 is 2.37 bits per heavy atom. The number of imide groups is 1. The number of pyridine rings is 1. The summed E-state index contributed by atoms with van der Waals surface area (Å²) < 4.78 is 0. The molecule has 1 aromatic heterocycles. The average molecular weight is 407 g/mol. The number of anilines is 2. The molecule has 2 aliphatic rings. The molecule has 2 aliphatic heterocycles. The van der Waals surface area contributed by atoms with E-state index in [1.54, 1.807) is 18.2 Å². The van der Waals surface area contributed by atoms with Crippen molar-refractivity contribution in [2.45, 2.75) is 12.5 Å². The summed E-state index contributed by atoms with van der Waals surface area (Å²) in [6.07, 6.45) is 2.12. The van der Waals surface area contributed by atoms with Gasteiger partial charge in [0.1, 0.15) is 26.2 Å². The average Bonchev–Trinajstić information content (AvgIpc) is 2.96. The zero-order valence-electron chi connectivity index (χ0n) is 14.6. The van der Waals surface area contributed by atoms with E-state index in [1.165, 1.54) is 4.90 Å². The number of amides is 2. The molecule has 2 aromatic rings. The van der Waals surface area contributed by atoms with Crippen LogP contribution < -0.4 is 19.7 Å². The van der Waals surface area contributed by atoms with Crippen LogP contribution in [0.4, 0.5) is 11.5 Å². The van der Waals surface area contributed by atoms with E-state index < -0.39 is 0 Å². The van der Waals surface area contributed by atoms with E-state index >= 15 is 0 Å². The maximum atomic E-state index is 13.0. The van der Waals surface area contributed by atoms with Gasteiger partial charge in [0.15, 0.2) is 6.04 Å². The maximum Gasteiger partial charge on any atom is 0.292 e. The second-order valence-corrected chi connectivity index (χ2v) is 7.72. The van der Waals surface area contributed by atoms with Gasteiger partial charge in [0.2, 0.25) is 5.91 Å². The van der Waals surface area contributed by atoms with Gasteiger partial charge in [-0.25, -0.2) is 9.88 Å². The van der Waals surface area contributed by atoms with Crippen LogP contribution in [0.1, 0.15) is 6.42 Å². The molecule has 0 saturated carbocycles. The van der Waals surface area contributed by atoms with Crippen LogP contribution in [0.2, 0.25) is 10.0 Å². The topological polar surface area (TPSA) is 59.2 Å². The maximum absolute atomic E-state index is 13.0. The minimum atomic E-state index is -0.350. The summed E-state index contributed by atoms with van der Waals surface area (Å²) in [5, 5.41) is 0.809. The van der Waals surface area contributed by atoms with Gasteiger partial charge in [0, 0.05) is 16.1 Å². The lowest BCUT2D eigenvalue weighted by Gasteiger charge is -2.31. The number of quaternary nitrogens is 1. The van der Waals surface area contributed by atoms with E-state index in [0.717, 1.165) is 36.9 Å². The first kappa shape index (κ1) is 18.2. The van der Waals surface area contributed by atoms with E-state index in [-0.39, 0.29) is 24.3 Å². The Bertz CT molecular complexity index is 849. The summed E-state index contributed by atoms with van der Waals surface area (Å²) in [5.41, 5.74) is 0.446. The molecule has 0 spiro atoms. The molecule has 1 aromatic carbocycles. The minimum Gasteiger partial charge on any atom is -0.318 e. The normalized spacial score (nSPS) is 21.2. The third kappa shape index (κ3) is 3.65.